The molecular formula is C19H19N3OS2. The Kier molecular flexibility index (Phi) is 4.48. The molecule has 1 aliphatic rings. The highest BCUT2D eigenvalue weighted by atomic mass is 32.2. The molecule has 2 aromatic heterocycles. The summed E-state index contributed by atoms with van der Waals surface area (Å²) in [5, 5.41) is 11.7. The van der Waals surface area contributed by atoms with Crippen molar-refractivity contribution in [3.8, 4) is 10.7 Å². The quantitative estimate of drug-likeness (QED) is 0.456. The van der Waals surface area contributed by atoms with Crippen LogP contribution in [0.5, 0.6) is 0 Å². The lowest BCUT2D eigenvalue weighted by Crippen LogP contribution is -2.07. The number of rotatable bonds is 6. The molecule has 25 heavy (non-hydrogen) atoms. The number of aromatic nitrogens is 3. The highest BCUT2D eigenvalue weighted by Crippen LogP contribution is 2.41. The molecule has 0 atom stereocenters. The molecule has 0 spiro atoms. The van der Waals surface area contributed by atoms with E-state index in [2.05, 4.69) is 26.2 Å². The molecule has 4 nitrogen and oxygen atoms in total. The summed E-state index contributed by atoms with van der Waals surface area (Å²) in [6.45, 7) is 4.00. The molecule has 0 aliphatic heterocycles. The third-order valence-corrected chi connectivity index (χ3v) is 6.15. The van der Waals surface area contributed by atoms with Crippen molar-refractivity contribution in [1.82, 2.24) is 14.8 Å². The van der Waals surface area contributed by atoms with Crippen molar-refractivity contribution in [3.05, 3.63) is 52.4 Å². The van der Waals surface area contributed by atoms with Gasteiger partial charge in [-0.05, 0) is 49.8 Å². The van der Waals surface area contributed by atoms with Gasteiger partial charge in [0.05, 0.1) is 10.6 Å². The van der Waals surface area contributed by atoms with Crippen molar-refractivity contribution in [2.45, 2.75) is 37.9 Å². The topological polar surface area (TPSA) is 47.8 Å². The minimum atomic E-state index is 0.147. The van der Waals surface area contributed by atoms with E-state index in [-0.39, 0.29) is 5.78 Å². The van der Waals surface area contributed by atoms with Crippen molar-refractivity contribution >= 4 is 28.9 Å². The largest absolute Gasteiger partial charge is 0.298 e. The summed E-state index contributed by atoms with van der Waals surface area (Å²) in [5.41, 5.74) is 2.95. The maximum absolute atomic E-state index is 12.6. The molecule has 0 unspecified atom stereocenters. The van der Waals surface area contributed by atoms with E-state index >= 15 is 0 Å². The number of Topliss-reactive ketones (excluding diaryl/α,β-unsaturated/α-hetero) is 1. The molecule has 1 saturated carbocycles. The normalized spacial score (nSPS) is 14.0. The number of carbonyl (C=O) groups is 1. The predicted molar refractivity (Wildman–Crippen MR) is 103 cm³/mol. The van der Waals surface area contributed by atoms with E-state index in [1.807, 2.05) is 38.1 Å². The summed E-state index contributed by atoms with van der Waals surface area (Å²) < 4.78 is 2.22. The molecule has 128 valence electrons. The Morgan fingerprint density at radius 3 is 2.84 bits per heavy atom. The summed E-state index contributed by atoms with van der Waals surface area (Å²) in [6, 6.07) is 10.6. The molecular weight excluding hydrogens is 350 g/mol. The standard InChI is InChI=1S/C19H19N3OS2/c1-12-5-6-13(2)15(10-12)16(23)11-25-19-21-20-18(17-4-3-9-24-17)22(19)14-7-8-14/h3-6,9-10,14H,7-8,11H2,1-2H3. The predicted octanol–water partition coefficient (Wildman–Crippen LogP) is 4.93. The Hall–Kier alpha value is -1.92. The van der Waals surface area contributed by atoms with E-state index in [1.54, 1.807) is 11.3 Å². The van der Waals surface area contributed by atoms with Crippen LogP contribution in [0.25, 0.3) is 10.7 Å². The van der Waals surface area contributed by atoms with Crippen LogP contribution < -0.4 is 0 Å². The zero-order valence-electron chi connectivity index (χ0n) is 14.2. The minimum absolute atomic E-state index is 0.147. The monoisotopic (exact) mass is 369 g/mol. The lowest BCUT2D eigenvalue weighted by atomic mass is 10.0. The average molecular weight is 370 g/mol. The van der Waals surface area contributed by atoms with E-state index in [9.17, 15) is 4.79 Å². The molecule has 6 heteroatoms. The summed E-state index contributed by atoms with van der Waals surface area (Å²) in [5.74, 6) is 1.47. The molecule has 0 radical (unpaired) electrons. The average Bonchev–Trinajstić information content (AvgIpc) is 3.13. The Balaban J connectivity index is 1.55. The first kappa shape index (κ1) is 16.5. The van der Waals surface area contributed by atoms with Gasteiger partial charge in [0.25, 0.3) is 0 Å². The van der Waals surface area contributed by atoms with E-state index in [1.165, 1.54) is 11.8 Å². The van der Waals surface area contributed by atoms with E-state index in [0.717, 1.165) is 45.4 Å². The molecule has 0 amide bonds. The van der Waals surface area contributed by atoms with Gasteiger partial charge in [0.1, 0.15) is 0 Å². The molecule has 2 heterocycles. The van der Waals surface area contributed by atoms with Gasteiger partial charge < -0.3 is 0 Å². The minimum Gasteiger partial charge on any atom is -0.298 e. The van der Waals surface area contributed by atoms with Gasteiger partial charge in [0.15, 0.2) is 16.8 Å². The van der Waals surface area contributed by atoms with Gasteiger partial charge in [0, 0.05) is 11.6 Å². The third-order valence-electron chi connectivity index (χ3n) is 4.34. The van der Waals surface area contributed by atoms with Crippen LogP contribution in [0.15, 0.2) is 40.9 Å². The zero-order valence-corrected chi connectivity index (χ0v) is 15.9. The van der Waals surface area contributed by atoms with Crippen molar-refractivity contribution in [3.63, 3.8) is 0 Å². The summed E-state index contributed by atoms with van der Waals surface area (Å²) >= 11 is 3.17. The Bertz CT molecular complexity index is 911. The summed E-state index contributed by atoms with van der Waals surface area (Å²) in [7, 11) is 0. The highest BCUT2D eigenvalue weighted by molar-refractivity contribution is 7.99. The lowest BCUT2D eigenvalue weighted by Gasteiger charge is -2.08. The first-order valence-electron chi connectivity index (χ1n) is 8.35. The van der Waals surface area contributed by atoms with Crippen molar-refractivity contribution < 1.29 is 4.79 Å². The zero-order chi connectivity index (χ0) is 17.4. The Labute approximate surface area is 155 Å². The van der Waals surface area contributed by atoms with E-state index in [4.69, 9.17) is 0 Å². The van der Waals surface area contributed by atoms with Crippen LogP contribution in [0.3, 0.4) is 0 Å². The number of hydrogen-bond acceptors (Lipinski definition) is 5. The van der Waals surface area contributed by atoms with Crippen LogP contribution in [-0.2, 0) is 0 Å². The SMILES string of the molecule is Cc1ccc(C)c(C(=O)CSc2nnc(-c3cccs3)n2C2CC2)c1. The molecule has 1 aliphatic carbocycles. The van der Waals surface area contributed by atoms with Gasteiger partial charge in [-0.1, -0.05) is 35.5 Å². The number of nitrogens with zero attached hydrogens (tertiary/aromatic N) is 3. The number of hydrogen-bond donors (Lipinski definition) is 0. The lowest BCUT2D eigenvalue weighted by molar-refractivity contribution is 0.102. The first-order chi connectivity index (χ1) is 12.1. The van der Waals surface area contributed by atoms with Crippen LogP contribution >= 0.6 is 23.1 Å². The van der Waals surface area contributed by atoms with Crippen LogP contribution in [0.1, 0.15) is 40.4 Å². The number of aryl methyl sites for hydroxylation is 2. The van der Waals surface area contributed by atoms with Gasteiger partial charge in [-0.15, -0.1) is 21.5 Å². The maximum atomic E-state index is 12.6. The van der Waals surface area contributed by atoms with Crippen LogP contribution in [-0.4, -0.2) is 26.3 Å². The van der Waals surface area contributed by atoms with Crippen molar-refractivity contribution in [1.29, 1.82) is 0 Å². The molecule has 0 N–H and O–H groups in total. The molecule has 1 fully saturated rings. The van der Waals surface area contributed by atoms with Crippen molar-refractivity contribution in [2.24, 2.45) is 0 Å². The first-order valence-corrected chi connectivity index (χ1v) is 10.2. The molecule has 4 rings (SSSR count). The molecule has 0 bridgehead atoms. The van der Waals surface area contributed by atoms with Gasteiger partial charge in [-0.25, -0.2) is 0 Å². The van der Waals surface area contributed by atoms with Crippen LogP contribution in [0.4, 0.5) is 0 Å². The Morgan fingerprint density at radius 1 is 1.28 bits per heavy atom. The fraction of sp³-hybridized carbons (Fsp3) is 0.316. The second kappa shape index (κ2) is 6.77. The summed E-state index contributed by atoms with van der Waals surface area (Å²) in [4.78, 5) is 13.8. The smallest absolute Gasteiger partial charge is 0.192 e. The van der Waals surface area contributed by atoms with Gasteiger partial charge in [0.2, 0.25) is 0 Å². The number of benzene rings is 1. The third kappa shape index (κ3) is 3.41. The number of carbonyl (C=O) groups excluding carboxylic acids is 1. The second-order valence-electron chi connectivity index (χ2n) is 6.41. The number of ketones is 1. The molecule has 3 aromatic rings. The fourth-order valence-corrected chi connectivity index (χ4v) is 4.45. The van der Waals surface area contributed by atoms with Crippen molar-refractivity contribution in [2.75, 3.05) is 5.75 Å². The number of thiophene rings is 1. The fourth-order valence-electron chi connectivity index (χ4n) is 2.86. The second-order valence-corrected chi connectivity index (χ2v) is 8.31. The maximum Gasteiger partial charge on any atom is 0.192 e. The molecule has 1 aromatic carbocycles. The number of thioether (sulfide) groups is 1. The van der Waals surface area contributed by atoms with E-state index < -0.39 is 0 Å². The van der Waals surface area contributed by atoms with Crippen LogP contribution in [0, 0.1) is 13.8 Å². The summed E-state index contributed by atoms with van der Waals surface area (Å²) in [6.07, 6.45) is 2.32. The van der Waals surface area contributed by atoms with E-state index in [0.29, 0.717) is 11.8 Å². The Morgan fingerprint density at radius 2 is 2.12 bits per heavy atom. The van der Waals surface area contributed by atoms with Crippen LogP contribution in [0.2, 0.25) is 0 Å². The van der Waals surface area contributed by atoms with Gasteiger partial charge in [-0.2, -0.15) is 0 Å². The van der Waals surface area contributed by atoms with Gasteiger partial charge in [-0.3, -0.25) is 9.36 Å². The molecule has 0 saturated heterocycles. The highest BCUT2D eigenvalue weighted by Gasteiger charge is 2.30. The van der Waals surface area contributed by atoms with Gasteiger partial charge >= 0.3 is 0 Å².